The van der Waals surface area contributed by atoms with Crippen molar-refractivity contribution in [1.82, 2.24) is 10.3 Å². The van der Waals surface area contributed by atoms with E-state index in [1.807, 2.05) is 24.3 Å². The molecule has 1 aromatic carbocycles. The highest BCUT2D eigenvalue weighted by atomic mass is 35.5. The van der Waals surface area contributed by atoms with Crippen LogP contribution in [0.3, 0.4) is 0 Å². The van der Waals surface area contributed by atoms with Crippen molar-refractivity contribution in [2.75, 3.05) is 25.0 Å². The van der Waals surface area contributed by atoms with Gasteiger partial charge in [0.25, 0.3) is 0 Å². The Morgan fingerprint density at radius 2 is 2.00 bits per heavy atom. The van der Waals surface area contributed by atoms with Crippen molar-refractivity contribution >= 4 is 35.5 Å². The molecule has 0 aliphatic carbocycles. The standard InChI is InChI=1S/C15H16ClN3O.ClH/c16-12-3-6-15(18-9-12)19-13-4-1-11(2-5-13)14-10-17-7-8-20-14;/h1-6,9,14,17H,7-8,10H2,(H,18,19);1H. The predicted octanol–water partition coefficient (Wildman–Crippen LogP) is 3.56. The number of hydrogen-bond donors (Lipinski definition) is 2. The minimum atomic E-state index is 0. The van der Waals surface area contributed by atoms with Crippen LogP contribution in [0.25, 0.3) is 0 Å². The lowest BCUT2D eigenvalue weighted by Gasteiger charge is -2.24. The van der Waals surface area contributed by atoms with Crippen LogP contribution in [0.5, 0.6) is 0 Å². The van der Waals surface area contributed by atoms with Gasteiger partial charge in [0.05, 0.1) is 17.7 Å². The maximum absolute atomic E-state index is 5.81. The largest absolute Gasteiger partial charge is 0.371 e. The molecule has 4 nitrogen and oxygen atoms in total. The van der Waals surface area contributed by atoms with Crippen LogP contribution in [-0.2, 0) is 4.74 Å². The molecule has 1 aliphatic heterocycles. The zero-order valence-corrected chi connectivity index (χ0v) is 13.0. The second kappa shape index (κ2) is 7.61. The molecule has 0 amide bonds. The SMILES string of the molecule is Cl.Clc1ccc(Nc2ccc(C3CNCCO3)cc2)nc1. The summed E-state index contributed by atoms with van der Waals surface area (Å²) in [5, 5.41) is 7.20. The highest BCUT2D eigenvalue weighted by Crippen LogP contribution is 2.22. The fraction of sp³-hybridized carbons (Fsp3) is 0.267. The van der Waals surface area contributed by atoms with Gasteiger partial charge in [-0.3, -0.25) is 0 Å². The third-order valence-corrected chi connectivity index (χ3v) is 3.43. The molecule has 2 aromatic rings. The van der Waals surface area contributed by atoms with E-state index in [2.05, 4.69) is 27.8 Å². The molecule has 0 spiro atoms. The van der Waals surface area contributed by atoms with Gasteiger partial charge >= 0.3 is 0 Å². The van der Waals surface area contributed by atoms with Crippen molar-refractivity contribution in [2.45, 2.75) is 6.10 Å². The Morgan fingerprint density at radius 3 is 2.62 bits per heavy atom. The monoisotopic (exact) mass is 325 g/mol. The summed E-state index contributed by atoms with van der Waals surface area (Å²) in [4.78, 5) is 4.21. The molecule has 0 radical (unpaired) electrons. The summed E-state index contributed by atoms with van der Waals surface area (Å²) in [5.41, 5.74) is 2.18. The van der Waals surface area contributed by atoms with Gasteiger partial charge in [-0.25, -0.2) is 4.98 Å². The molecule has 1 atom stereocenters. The molecule has 2 heterocycles. The fourth-order valence-electron chi connectivity index (χ4n) is 2.16. The minimum Gasteiger partial charge on any atom is -0.371 e. The lowest BCUT2D eigenvalue weighted by Crippen LogP contribution is -2.33. The molecule has 1 saturated heterocycles. The topological polar surface area (TPSA) is 46.2 Å². The Kier molecular flexibility index (Phi) is 5.82. The number of aromatic nitrogens is 1. The molecule has 2 N–H and O–H groups in total. The third kappa shape index (κ3) is 4.32. The van der Waals surface area contributed by atoms with Gasteiger partial charge in [-0.05, 0) is 29.8 Å². The van der Waals surface area contributed by atoms with Crippen LogP contribution in [0.2, 0.25) is 5.02 Å². The Hall–Kier alpha value is -1.33. The minimum absolute atomic E-state index is 0. The summed E-state index contributed by atoms with van der Waals surface area (Å²) in [7, 11) is 0. The van der Waals surface area contributed by atoms with E-state index in [9.17, 15) is 0 Å². The number of anilines is 2. The van der Waals surface area contributed by atoms with E-state index < -0.39 is 0 Å². The number of nitrogens with one attached hydrogen (secondary N) is 2. The van der Waals surface area contributed by atoms with Crippen molar-refractivity contribution in [3.63, 3.8) is 0 Å². The Balaban J connectivity index is 0.00000161. The molecule has 0 bridgehead atoms. The first-order chi connectivity index (χ1) is 9.81. The number of hydrogen-bond acceptors (Lipinski definition) is 4. The van der Waals surface area contributed by atoms with Gasteiger partial charge in [0.15, 0.2) is 0 Å². The van der Waals surface area contributed by atoms with Crippen LogP contribution in [0.15, 0.2) is 42.6 Å². The van der Waals surface area contributed by atoms with Crippen molar-refractivity contribution in [2.24, 2.45) is 0 Å². The Morgan fingerprint density at radius 1 is 1.19 bits per heavy atom. The molecular weight excluding hydrogens is 309 g/mol. The summed E-state index contributed by atoms with van der Waals surface area (Å²) in [5.74, 6) is 0.776. The zero-order valence-electron chi connectivity index (χ0n) is 11.4. The third-order valence-electron chi connectivity index (χ3n) is 3.21. The van der Waals surface area contributed by atoms with Gasteiger partial charge < -0.3 is 15.4 Å². The van der Waals surface area contributed by atoms with Crippen molar-refractivity contribution < 1.29 is 4.74 Å². The summed E-state index contributed by atoms with van der Waals surface area (Å²) in [6, 6.07) is 11.9. The highest BCUT2D eigenvalue weighted by molar-refractivity contribution is 6.30. The summed E-state index contributed by atoms with van der Waals surface area (Å²) in [6.07, 6.45) is 1.77. The predicted molar refractivity (Wildman–Crippen MR) is 87.8 cm³/mol. The smallest absolute Gasteiger partial charge is 0.130 e. The van der Waals surface area contributed by atoms with E-state index in [-0.39, 0.29) is 18.5 Å². The summed E-state index contributed by atoms with van der Waals surface area (Å²) >= 11 is 5.81. The second-order valence-electron chi connectivity index (χ2n) is 4.67. The summed E-state index contributed by atoms with van der Waals surface area (Å²) < 4.78 is 5.73. The van der Waals surface area contributed by atoms with E-state index in [4.69, 9.17) is 16.3 Å². The van der Waals surface area contributed by atoms with Crippen molar-refractivity contribution in [1.29, 1.82) is 0 Å². The Bertz CT molecular complexity index is 554. The first-order valence-electron chi connectivity index (χ1n) is 6.62. The number of rotatable bonds is 3. The molecule has 1 aromatic heterocycles. The molecule has 6 heteroatoms. The number of ether oxygens (including phenoxy) is 1. The number of pyridine rings is 1. The van der Waals surface area contributed by atoms with E-state index in [0.717, 1.165) is 31.2 Å². The van der Waals surface area contributed by atoms with Crippen LogP contribution in [0, 0.1) is 0 Å². The van der Waals surface area contributed by atoms with Gasteiger partial charge in [0.2, 0.25) is 0 Å². The average Bonchev–Trinajstić information content (AvgIpc) is 2.51. The maximum atomic E-state index is 5.81. The van der Waals surface area contributed by atoms with Gasteiger partial charge in [0.1, 0.15) is 5.82 Å². The molecule has 0 saturated carbocycles. The van der Waals surface area contributed by atoms with Crippen molar-refractivity contribution in [3.05, 3.63) is 53.2 Å². The first kappa shape index (κ1) is 16.0. The maximum Gasteiger partial charge on any atom is 0.130 e. The molecule has 21 heavy (non-hydrogen) atoms. The van der Waals surface area contributed by atoms with Crippen LogP contribution < -0.4 is 10.6 Å². The summed E-state index contributed by atoms with van der Waals surface area (Å²) in [6.45, 7) is 2.56. The fourth-order valence-corrected chi connectivity index (χ4v) is 2.27. The molecule has 1 unspecified atom stereocenters. The first-order valence-corrected chi connectivity index (χ1v) is 7.00. The van der Waals surface area contributed by atoms with E-state index in [1.54, 1.807) is 6.20 Å². The van der Waals surface area contributed by atoms with Gasteiger partial charge in [0, 0.05) is 25.0 Å². The molecular formula is C15H17Cl2N3O. The molecule has 3 rings (SSSR count). The van der Waals surface area contributed by atoms with Crippen LogP contribution in [0.1, 0.15) is 11.7 Å². The van der Waals surface area contributed by atoms with E-state index in [1.165, 1.54) is 5.56 Å². The lowest BCUT2D eigenvalue weighted by atomic mass is 10.1. The molecule has 1 fully saturated rings. The quantitative estimate of drug-likeness (QED) is 0.905. The molecule has 1 aliphatic rings. The van der Waals surface area contributed by atoms with Gasteiger partial charge in [-0.2, -0.15) is 0 Å². The van der Waals surface area contributed by atoms with E-state index >= 15 is 0 Å². The lowest BCUT2D eigenvalue weighted by molar-refractivity contribution is 0.0277. The normalized spacial score (nSPS) is 17.9. The van der Waals surface area contributed by atoms with Crippen molar-refractivity contribution in [3.8, 4) is 0 Å². The second-order valence-corrected chi connectivity index (χ2v) is 5.11. The van der Waals surface area contributed by atoms with Crippen LogP contribution in [-0.4, -0.2) is 24.7 Å². The molecule has 112 valence electrons. The average molecular weight is 326 g/mol. The number of morpholine rings is 1. The highest BCUT2D eigenvalue weighted by Gasteiger charge is 2.15. The number of nitrogens with zero attached hydrogens (tertiary/aromatic N) is 1. The Labute approximate surface area is 135 Å². The van der Waals surface area contributed by atoms with Crippen LogP contribution in [0.4, 0.5) is 11.5 Å². The van der Waals surface area contributed by atoms with Gasteiger partial charge in [-0.1, -0.05) is 23.7 Å². The number of halogens is 2. The number of benzene rings is 1. The zero-order chi connectivity index (χ0) is 13.8. The van der Waals surface area contributed by atoms with Crippen LogP contribution >= 0.6 is 24.0 Å². The van der Waals surface area contributed by atoms with E-state index in [0.29, 0.717) is 5.02 Å². The van der Waals surface area contributed by atoms with Gasteiger partial charge in [-0.15, -0.1) is 12.4 Å².